The molecule has 0 bridgehead atoms. The molecule has 0 N–H and O–H groups in total. The van der Waals surface area contributed by atoms with E-state index >= 15 is 0 Å². The SMILES string of the molecule is COc1cc(CCCCCC#CCCCCCCCc2cc(OC)cc(OC)c2)cc(OC)c1. The maximum Gasteiger partial charge on any atom is 0.122 e. The molecule has 0 atom stereocenters. The Hall–Kier alpha value is -2.80. The van der Waals surface area contributed by atoms with Crippen molar-refractivity contribution in [1.82, 2.24) is 0 Å². The van der Waals surface area contributed by atoms with Gasteiger partial charge in [0.05, 0.1) is 28.4 Å². The zero-order valence-corrected chi connectivity index (χ0v) is 21.6. The monoisotopic (exact) mass is 466 g/mol. The first-order chi connectivity index (χ1) is 16.7. The highest BCUT2D eigenvalue weighted by atomic mass is 16.5. The second-order valence-corrected chi connectivity index (χ2v) is 8.62. The van der Waals surface area contributed by atoms with Crippen molar-refractivity contribution in [1.29, 1.82) is 0 Å². The summed E-state index contributed by atoms with van der Waals surface area (Å²) < 4.78 is 21.4. The Kier molecular flexibility index (Phi) is 13.5. The molecule has 0 spiro atoms. The lowest BCUT2D eigenvalue weighted by Crippen LogP contribution is -1.92. The quantitative estimate of drug-likeness (QED) is 0.191. The molecule has 4 nitrogen and oxygen atoms in total. The molecule has 0 amide bonds. The number of ether oxygens (including phenoxy) is 4. The van der Waals surface area contributed by atoms with Crippen LogP contribution in [0.5, 0.6) is 23.0 Å². The first-order valence-electron chi connectivity index (χ1n) is 12.6. The third-order valence-corrected chi connectivity index (χ3v) is 5.98. The molecule has 0 aliphatic heterocycles. The van der Waals surface area contributed by atoms with E-state index in [1.165, 1.54) is 62.5 Å². The highest BCUT2D eigenvalue weighted by Crippen LogP contribution is 2.25. The van der Waals surface area contributed by atoms with Crippen LogP contribution in [0.1, 0.15) is 75.3 Å². The van der Waals surface area contributed by atoms with Gasteiger partial charge in [0.2, 0.25) is 0 Å². The fraction of sp³-hybridized carbons (Fsp3) is 0.533. The zero-order valence-electron chi connectivity index (χ0n) is 21.6. The van der Waals surface area contributed by atoms with Gasteiger partial charge in [0.15, 0.2) is 0 Å². The van der Waals surface area contributed by atoms with E-state index in [9.17, 15) is 0 Å². The van der Waals surface area contributed by atoms with Gasteiger partial charge in [-0.1, -0.05) is 25.7 Å². The average molecular weight is 467 g/mol. The summed E-state index contributed by atoms with van der Waals surface area (Å²) in [6.07, 6.45) is 13.9. The molecule has 0 saturated heterocycles. The smallest absolute Gasteiger partial charge is 0.122 e. The fourth-order valence-corrected chi connectivity index (χ4v) is 3.99. The number of benzene rings is 2. The molecule has 0 unspecified atom stereocenters. The normalized spacial score (nSPS) is 10.4. The second-order valence-electron chi connectivity index (χ2n) is 8.62. The zero-order chi connectivity index (χ0) is 24.4. The van der Waals surface area contributed by atoms with E-state index in [0.29, 0.717) is 0 Å². The lowest BCUT2D eigenvalue weighted by Gasteiger charge is -2.08. The average Bonchev–Trinajstić information content (AvgIpc) is 2.88. The molecule has 0 fully saturated rings. The first-order valence-corrected chi connectivity index (χ1v) is 12.6. The Labute approximate surface area is 207 Å². The van der Waals surface area contributed by atoms with E-state index < -0.39 is 0 Å². The van der Waals surface area contributed by atoms with Gasteiger partial charge in [0.1, 0.15) is 23.0 Å². The third-order valence-electron chi connectivity index (χ3n) is 5.98. The van der Waals surface area contributed by atoms with Crippen molar-refractivity contribution in [2.45, 2.75) is 77.0 Å². The van der Waals surface area contributed by atoms with Crippen LogP contribution in [-0.4, -0.2) is 28.4 Å². The molecule has 0 aromatic heterocycles. The lowest BCUT2D eigenvalue weighted by atomic mass is 10.0. The lowest BCUT2D eigenvalue weighted by molar-refractivity contribution is 0.393. The first kappa shape index (κ1) is 27.4. The van der Waals surface area contributed by atoms with Crippen LogP contribution in [0.25, 0.3) is 0 Å². The molecule has 186 valence electrons. The summed E-state index contributed by atoms with van der Waals surface area (Å²) in [5.74, 6) is 10.2. The molecule has 4 heteroatoms. The van der Waals surface area contributed by atoms with E-state index in [-0.39, 0.29) is 0 Å². The van der Waals surface area contributed by atoms with Gasteiger partial charge in [0, 0.05) is 25.0 Å². The summed E-state index contributed by atoms with van der Waals surface area (Å²) >= 11 is 0. The molecule has 0 aliphatic carbocycles. The topological polar surface area (TPSA) is 36.9 Å². The van der Waals surface area contributed by atoms with Crippen LogP contribution >= 0.6 is 0 Å². The number of aryl methyl sites for hydroxylation is 2. The summed E-state index contributed by atoms with van der Waals surface area (Å²) in [7, 11) is 6.78. The van der Waals surface area contributed by atoms with E-state index in [1.54, 1.807) is 28.4 Å². The second kappa shape index (κ2) is 16.8. The molecule has 0 heterocycles. The van der Waals surface area contributed by atoms with Crippen molar-refractivity contribution in [2.75, 3.05) is 28.4 Å². The number of hydrogen-bond acceptors (Lipinski definition) is 4. The summed E-state index contributed by atoms with van der Waals surface area (Å²) in [6.45, 7) is 0. The van der Waals surface area contributed by atoms with Crippen LogP contribution < -0.4 is 18.9 Å². The predicted octanol–water partition coefficient (Wildman–Crippen LogP) is 7.41. The largest absolute Gasteiger partial charge is 0.497 e. The van der Waals surface area contributed by atoms with Gasteiger partial charge in [0.25, 0.3) is 0 Å². The van der Waals surface area contributed by atoms with Gasteiger partial charge in [-0.15, -0.1) is 11.8 Å². The number of methoxy groups -OCH3 is 4. The van der Waals surface area contributed by atoms with Crippen molar-refractivity contribution in [3.05, 3.63) is 47.5 Å². The van der Waals surface area contributed by atoms with Crippen LogP contribution in [0.3, 0.4) is 0 Å². The minimum Gasteiger partial charge on any atom is -0.497 e. The molecule has 0 aliphatic rings. The van der Waals surface area contributed by atoms with E-state index in [2.05, 4.69) is 36.1 Å². The van der Waals surface area contributed by atoms with Crippen molar-refractivity contribution in [3.8, 4) is 34.8 Å². The maximum atomic E-state index is 5.35. The van der Waals surface area contributed by atoms with Gasteiger partial charge < -0.3 is 18.9 Å². The van der Waals surface area contributed by atoms with Crippen LogP contribution in [0.15, 0.2) is 36.4 Å². The molecule has 2 aromatic rings. The van der Waals surface area contributed by atoms with Gasteiger partial charge >= 0.3 is 0 Å². The van der Waals surface area contributed by atoms with Crippen LogP contribution in [0.2, 0.25) is 0 Å². The molecular weight excluding hydrogens is 424 g/mol. The number of unbranched alkanes of at least 4 members (excludes halogenated alkanes) is 8. The minimum absolute atomic E-state index is 0.859. The van der Waals surface area contributed by atoms with E-state index in [0.717, 1.165) is 48.7 Å². The highest BCUT2D eigenvalue weighted by molar-refractivity contribution is 5.39. The van der Waals surface area contributed by atoms with Crippen molar-refractivity contribution in [2.24, 2.45) is 0 Å². The Balaban J connectivity index is 1.47. The Morgan fingerprint density at radius 3 is 1.15 bits per heavy atom. The van der Waals surface area contributed by atoms with E-state index in [4.69, 9.17) is 18.9 Å². The van der Waals surface area contributed by atoms with Crippen LogP contribution in [0.4, 0.5) is 0 Å². The van der Waals surface area contributed by atoms with Crippen LogP contribution in [-0.2, 0) is 12.8 Å². The van der Waals surface area contributed by atoms with Gasteiger partial charge in [-0.3, -0.25) is 0 Å². The van der Waals surface area contributed by atoms with Crippen molar-refractivity contribution in [3.63, 3.8) is 0 Å². The summed E-state index contributed by atoms with van der Waals surface area (Å²) in [5.41, 5.74) is 2.55. The molecular formula is C30H42O4. The van der Waals surface area contributed by atoms with Crippen molar-refractivity contribution < 1.29 is 18.9 Å². The Bertz CT molecular complexity index is 850. The highest BCUT2D eigenvalue weighted by Gasteiger charge is 2.03. The molecule has 2 aromatic carbocycles. The Morgan fingerprint density at radius 1 is 0.441 bits per heavy atom. The number of hydrogen-bond donors (Lipinski definition) is 0. The minimum atomic E-state index is 0.859. The molecule has 34 heavy (non-hydrogen) atoms. The summed E-state index contributed by atoms with van der Waals surface area (Å²) in [4.78, 5) is 0. The van der Waals surface area contributed by atoms with Crippen molar-refractivity contribution >= 4 is 0 Å². The maximum absolute atomic E-state index is 5.35. The molecule has 0 radical (unpaired) electrons. The fourth-order valence-electron chi connectivity index (χ4n) is 3.99. The van der Waals surface area contributed by atoms with E-state index in [1.807, 2.05) is 12.1 Å². The standard InChI is InChI=1S/C30H42O4/c1-31-27-19-25(20-28(23-27)32-2)17-15-13-11-9-7-5-6-8-10-12-14-16-18-26-21-29(33-3)24-30(22-26)34-4/h19-24H,5,7,9-18H2,1-4H3. The van der Waals surface area contributed by atoms with Gasteiger partial charge in [-0.05, 0) is 73.9 Å². The van der Waals surface area contributed by atoms with Gasteiger partial charge in [-0.25, -0.2) is 0 Å². The molecule has 0 saturated carbocycles. The summed E-state index contributed by atoms with van der Waals surface area (Å²) in [5, 5.41) is 0. The predicted molar refractivity (Wildman–Crippen MR) is 140 cm³/mol. The Morgan fingerprint density at radius 2 is 0.765 bits per heavy atom. The third kappa shape index (κ3) is 10.9. The summed E-state index contributed by atoms with van der Waals surface area (Å²) in [6, 6.07) is 12.2. The van der Waals surface area contributed by atoms with Crippen LogP contribution in [0, 0.1) is 11.8 Å². The number of rotatable bonds is 16. The molecule has 2 rings (SSSR count). The van der Waals surface area contributed by atoms with Gasteiger partial charge in [-0.2, -0.15) is 0 Å².